The van der Waals surface area contributed by atoms with E-state index in [-0.39, 0.29) is 0 Å². The molecular weight excluding hydrogens is 206 g/mol. The lowest BCUT2D eigenvalue weighted by atomic mass is 10.1. The van der Waals surface area contributed by atoms with Gasteiger partial charge in [-0.2, -0.15) is 0 Å². The lowest BCUT2D eigenvalue weighted by Crippen LogP contribution is -1.94. The molecule has 0 fully saturated rings. The molecule has 2 rings (SSSR count). The molecule has 0 radical (unpaired) electrons. The van der Waals surface area contributed by atoms with Gasteiger partial charge in [0.05, 0.1) is 25.4 Å². The van der Waals surface area contributed by atoms with Gasteiger partial charge in [0.25, 0.3) is 0 Å². The molecule has 16 heavy (non-hydrogen) atoms. The van der Waals surface area contributed by atoms with Crippen LogP contribution in [0.1, 0.15) is 16.1 Å². The Balaban J connectivity index is 2.82. The van der Waals surface area contributed by atoms with Gasteiger partial charge in [-0.1, -0.05) is 0 Å². The van der Waals surface area contributed by atoms with Gasteiger partial charge in [0.15, 0.2) is 17.8 Å². The van der Waals surface area contributed by atoms with Gasteiger partial charge in [0, 0.05) is 5.39 Å². The van der Waals surface area contributed by atoms with Crippen LogP contribution >= 0.6 is 0 Å². The van der Waals surface area contributed by atoms with Gasteiger partial charge in [-0.25, -0.2) is 0 Å². The van der Waals surface area contributed by atoms with E-state index in [4.69, 9.17) is 9.47 Å². The molecule has 4 heteroatoms. The number of fused-ring (bicyclic) bond motifs is 1. The number of nitrogens with one attached hydrogen (secondary N) is 1. The molecule has 0 atom stereocenters. The standard InChI is InChI=1S/C12H13NO3/c1-7-4-8-5-9(6-14)13-10(8)12(16-3)11(7)15-2/h4-6,13H,1-3H3. The number of carbonyl (C=O) groups is 1. The molecule has 0 aliphatic heterocycles. The molecule has 0 amide bonds. The number of ether oxygens (including phenoxy) is 2. The summed E-state index contributed by atoms with van der Waals surface area (Å²) in [5, 5.41) is 0.942. The Morgan fingerprint density at radius 3 is 2.44 bits per heavy atom. The highest BCUT2D eigenvalue weighted by Gasteiger charge is 2.14. The zero-order chi connectivity index (χ0) is 11.7. The van der Waals surface area contributed by atoms with Crippen LogP contribution in [0.15, 0.2) is 12.1 Å². The number of carbonyl (C=O) groups excluding carboxylic acids is 1. The number of hydrogen-bond donors (Lipinski definition) is 1. The Hall–Kier alpha value is -1.97. The van der Waals surface area contributed by atoms with Gasteiger partial charge in [0.1, 0.15) is 0 Å². The average Bonchev–Trinajstić information content (AvgIpc) is 2.69. The minimum Gasteiger partial charge on any atom is -0.493 e. The highest BCUT2D eigenvalue weighted by Crippen LogP contribution is 2.38. The maximum Gasteiger partial charge on any atom is 0.185 e. The summed E-state index contributed by atoms with van der Waals surface area (Å²) in [5.74, 6) is 1.32. The van der Waals surface area contributed by atoms with Crippen molar-refractivity contribution in [3.05, 3.63) is 23.4 Å². The Morgan fingerprint density at radius 2 is 1.88 bits per heavy atom. The van der Waals surface area contributed by atoms with E-state index in [1.807, 2.05) is 13.0 Å². The minimum atomic E-state index is 0.529. The number of aromatic amines is 1. The topological polar surface area (TPSA) is 51.3 Å². The normalized spacial score (nSPS) is 10.4. The first kappa shape index (κ1) is 10.5. The van der Waals surface area contributed by atoms with Crippen LogP contribution in [0, 0.1) is 6.92 Å². The second-order valence-corrected chi connectivity index (χ2v) is 3.57. The van der Waals surface area contributed by atoms with Crippen LogP contribution in [0.25, 0.3) is 10.9 Å². The van der Waals surface area contributed by atoms with Crippen LogP contribution in [0.2, 0.25) is 0 Å². The van der Waals surface area contributed by atoms with Gasteiger partial charge in [0.2, 0.25) is 0 Å². The maximum absolute atomic E-state index is 10.7. The fraction of sp³-hybridized carbons (Fsp3) is 0.250. The first-order chi connectivity index (χ1) is 7.71. The molecule has 0 aliphatic carbocycles. The van der Waals surface area contributed by atoms with E-state index in [0.29, 0.717) is 17.2 Å². The second kappa shape index (κ2) is 3.89. The summed E-state index contributed by atoms with van der Waals surface area (Å²) < 4.78 is 10.6. The summed E-state index contributed by atoms with van der Waals surface area (Å²) in [6.07, 6.45) is 0.779. The number of H-pyrrole nitrogens is 1. The SMILES string of the molecule is COc1c(C)cc2cc(C=O)[nH]c2c1OC. The summed E-state index contributed by atoms with van der Waals surface area (Å²) in [7, 11) is 3.18. The molecule has 0 spiro atoms. The number of aromatic nitrogens is 1. The number of hydrogen-bond acceptors (Lipinski definition) is 3. The van der Waals surface area contributed by atoms with Crippen molar-refractivity contribution in [1.82, 2.24) is 4.98 Å². The number of methoxy groups -OCH3 is 2. The van der Waals surface area contributed by atoms with E-state index in [9.17, 15) is 4.79 Å². The average molecular weight is 219 g/mol. The molecule has 1 heterocycles. The highest BCUT2D eigenvalue weighted by molar-refractivity contribution is 5.94. The monoisotopic (exact) mass is 219 g/mol. The van der Waals surface area contributed by atoms with Gasteiger partial charge in [-0.05, 0) is 24.6 Å². The molecular formula is C12H13NO3. The van der Waals surface area contributed by atoms with Crippen molar-refractivity contribution in [2.24, 2.45) is 0 Å². The van der Waals surface area contributed by atoms with Crippen molar-refractivity contribution in [1.29, 1.82) is 0 Å². The molecule has 1 aromatic heterocycles. The van der Waals surface area contributed by atoms with Crippen LogP contribution in [0.3, 0.4) is 0 Å². The van der Waals surface area contributed by atoms with Gasteiger partial charge < -0.3 is 14.5 Å². The summed E-state index contributed by atoms with van der Waals surface area (Å²) in [6, 6.07) is 3.75. The third kappa shape index (κ3) is 1.43. The third-order valence-corrected chi connectivity index (χ3v) is 2.57. The molecule has 1 N–H and O–H groups in total. The van der Waals surface area contributed by atoms with E-state index >= 15 is 0 Å². The summed E-state index contributed by atoms with van der Waals surface area (Å²) in [4.78, 5) is 13.7. The second-order valence-electron chi connectivity index (χ2n) is 3.57. The van der Waals surface area contributed by atoms with E-state index in [0.717, 1.165) is 22.8 Å². The van der Waals surface area contributed by atoms with Crippen LogP contribution in [-0.4, -0.2) is 25.5 Å². The number of aryl methyl sites for hydroxylation is 1. The molecule has 1 aromatic carbocycles. The molecule has 0 saturated heterocycles. The first-order valence-electron chi connectivity index (χ1n) is 4.90. The smallest absolute Gasteiger partial charge is 0.185 e. The lowest BCUT2D eigenvalue weighted by Gasteiger charge is -2.11. The zero-order valence-corrected chi connectivity index (χ0v) is 9.46. The van der Waals surface area contributed by atoms with Crippen molar-refractivity contribution in [2.75, 3.05) is 14.2 Å². The molecule has 0 unspecified atom stereocenters. The van der Waals surface area contributed by atoms with Crippen molar-refractivity contribution in [3.63, 3.8) is 0 Å². The molecule has 2 aromatic rings. The molecule has 0 saturated carbocycles. The maximum atomic E-state index is 10.7. The van der Waals surface area contributed by atoms with Crippen molar-refractivity contribution < 1.29 is 14.3 Å². The summed E-state index contributed by atoms with van der Waals surface area (Å²) in [5.41, 5.74) is 2.29. The lowest BCUT2D eigenvalue weighted by molar-refractivity contribution is 0.112. The number of benzene rings is 1. The van der Waals surface area contributed by atoms with Crippen LogP contribution in [-0.2, 0) is 0 Å². The molecule has 4 nitrogen and oxygen atoms in total. The van der Waals surface area contributed by atoms with Crippen molar-refractivity contribution in [2.45, 2.75) is 6.92 Å². The van der Waals surface area contributed by atoms with E-state index in [1.165, 1.54) is 0 Å². The number of aldehydes is 1. The predicted molar refractivity (Wildman–Crippen MR) is 61.5 cm³/mol. The van der Waals surface area contributed by atoms with Gasteiger partial charge in [-0.3, -0.25) is 4.79 Å². The Labute approximate surface area is 93.2 Å². The quantitative estimate of drug-likeness (QED) is 0.806. The van der Waals surface area contributed by atoms with Crippen molar-refractivity contribution in [3.8, 4) is 11.5 Å². The first-order valence-corrected chi connectivity index (χ1v) is 4.90. The fourth-order valence-electron chi connectivity index (χ4n) is 1.90. The van der Waals surface area contributed by atoms with Crippen molar-refractivity contribution >= 4 is 17.2 Å². The Kier molecular flexibility index (Phi) is 2.56. The van der Waals surface area contributed by atoms with E-state index in [1.54, 1.807) is 20.3 Å². The largest absolute Gasteiger partial charge is 0.493 e. The van der Waals surface area contributed by atoms with E-state index in [2.05, 4.69) is 4.98 Å². The fourth-order valence-corrected chi connectivity index (χ4v) is 1.90. The van der Waals surface area contributed by atoms with Crippen LogP contribution < -0.4 is 9.47 Å². The third-order valence-electron chi connectivity index (χ3n) is 2.57. The van der Waals surface area contributed by atoms with Gasteiger partial charge >= 0.3 is 0 Å². The van der Waals surface area contributed by atoms with Crippen LogP contribution in [0.5, 0.6) is 11.5 Å². The molecule has 0 aliphatic rings. The Morgan fingerprint density at radius 1 is 1.19 bits per heavy atom. The van der Waals surface area contributed by atoms with E-state index < -0.39 is 0 Å². The predicted octanol–water partition coefficient (Wildman–Crippen LogP) is 2.31. The van der Waals surface area contributed by atoms with Gasteiger partial charge in [-0.15, -0.1) is 0 Å². The molecule has 84 valence electrons. The molecule has 0 bridgehead atoms. The highest BCUT2D eigenvalue weighted by atomic mass is 16.5. The minimum absolute atomic E-state index is 0.529. The summed E-state index contributed by atoms with van der Waals surface area (Å²) >= 11 is 0. The van der Waals surface area contributed by atoms with Crippen LogP contribution in [0.4, 0.5) is 0 Å². The summed E-state index contributed by atoms with van der Waals surface area (Å²) in [6.45, 7) is 1.94. The Bertz CT molecular complexity index is 543. The zero-order valence-electron chi connectivity index (χ0n) is 9.46. The number of rotatable bonds is 3.